The average Bonchev–Trinajstić information content (AvgIpc) is 3.43. The van der Waals surface area contributed by atoms with Crippen molar-refractivity contribution >= 4 is 55.0 Å². The van der Waals surface area contributed by atoms with Gasteiger partial charge in [-0.05, 0) is 41.4 Å². The Morgan fingerprint density at radius 3 is 2.53 bits per heavy atom. The second-order valence-corrected chi connectivity index (χ2v) is 9.21. The lowest BCUT2D eigenvalue weighted by molar-refractivity contribution is -0.140. The number of nitrogens with zero attached hydrogens (tertiary/aromatic N) is 5. The third-order valence-electron chi connectivity index (χ3n) is 4.91. The zero-order valence-electron chi connectivity index (χ0n) is 17.8. The summed E-state index contributed by atoms with van der Waals surface area (Å²) in [5, 5.41) is 11.1. The third kappa shape index (κ3) is 4.55. The molecule has 0 radical (unpaired) electrons. The van der Waals surface area contributed by atoms with Crippen LogP contribution < -0.4 is 11.1 Å². The highest BCUT2D eigenvalue weighted by molar-refractivity contribution is 9.10. The number of alkyl halides is 3. The summed E-state index contributed by atoms with van der Waals surface area (Å²) >= 11 is 3.92. The molecule has 0 saturated carbocycles. The van der Waals surface area contributed by atoms with E-state index >= 15 is 0 Å². The third-order valence-corrected chi connectivity index (χ3v) is 6.42. The molecule has 4 heterocycles. The number of hydrogen-bond acceptors (Lipinski definition) is 6. The van der Waals surface area contributed by atoms with E-state index in [4.69, 9.17) is 5.73 Å². The fourth-order valence-corrected chi connectivity index (χ4v) is 4.78. The molecule has 14 heteroatoms. The lowest BCUT2D eigenvalue weighted by Crippen LogP contribution is -2.21. The summed E-state index contributed by atoms with van der Waals surface area (Å²) in [7, 11) is 0. The zero-order valence-corrected chi connectivity index (χ0v) is 20.2. The number of carbonyl (C=O) groups is 2. The Bertz CT molecular complexity index is 1420. The quantitative estimate of drug-likeness (QED) is 0.369. The van der Waals surface area contributed by atoms with Crippen molar-refractivity contribution in [2.45, 2.75) is 33.1 Å². The predicted octanol–water partition coefficient (Wildman–Crippen LogP) is 4.20. The van der Waals surface area contributed by atoms with Gasteiger partial charge < -0.3 is 11.1 Å². The van der Waals surface area contributed by atoms with Crippen molar-refractivity contribution < 1.29 is 22.8 Å². The number of aromatic nitrogens is 5. The molecule has 2 amide bonds. The van der Waals surface area contributed by atoms with Crippen LogP contribution in [0, 0.1) is 6.92 Å². The first-order valence-corrected chi connectivity index (χ1v) is 11.5. The van der Waals surface area contributed by atoms with E-state index in [0.29, 0.717) is 33.6 Å². The van der Waals surface area contributed by atoms with Crippen LogP contribution in [0.25, 0.3) is 21.3 Å². The van der Waals surface area contributed by atoms with Crippen molar-refractivity contribution in [1.82, 2.24) is 24.5 Å². The van der Waals surface area contributed by atoms with E-state index in [0.717, 1.165) is 6.07 Å². The Hall–Kier alpha value is -3.26. The maximum absolute atomic E-state index is 13.7. The van der Waals surface area contributed by atoms with Crippen LogP contribution in [0.5, 0.6) is 0 Å². The number of primary amides is 1. The maximum atomic E-state index is 13.7. The van der Waals surface area contributed by atoms with Gasteiger partial charge in [0.25, 0.3) is 5.91 Å². The van der Waals surface area contributed by atoms with Crippen LogP contribution in [0.4, 0.5) is 18.9 Å². The minimum Gasteiger partial charge on any atom is -0.365 e. The van der Waals surface area contributed by atoms with Gasteiger partial charge in [0.05, 0.1) is 22.1 Å². The number of pyridine rings is 1. The Labute approximate surface area is 202 Å². The molecular weight excluding hydrogens is 539 g/mol. The molecule has 178 valence electrons. The lowest BCUT2D eigenvalue weighted by atomic mass is 10.0. The van der Waals surface area contributed by atoms with Gasteiger partial charge in [-0.1, -0.05) is 0 Å². The second kappa shape index (κ2) is 8.83. The number of nitrogens with one attached hydrogen (secondary N) is 1. The lowest BCUT2D eigenvalue weighted by Gasteiger charge is -2.12. The minimum absolute atomic E-state index is 0.00333. The Kier molecular flexibility index (Phi) is 6.20. The van der Waals surface area contributed by atoms with Gasteiger partial charge in [0.2, 0.25) is 5.91 Å². The summed E-state index contributed by atoms with van der Waals surface area (Å²) in [6, 6.07) is 0.893. The number of aryl methyl sites for hydroxylation is 2. The summed E-state index contributed by atoms with van der Waals surface area (Å²) in [5.74, 6) is -1.45. The molecule has 0 aliphatic carbocycles. The highest BCUT2D eigenvalue weighted by atomic mass is 79.9. The van der Waals surface area contributed by atoms with Crippen LogP contribution in [0.3, 0.4) is 0 Å². The zero-order chi connectivity index (χ0) is 24.8. The van der Waals surface area contributed by atoms with E-state index in [2.05, 4.69) is 36.4 Å². The topological polar surface area (TPSA) is 121 Å². The first kappa shape index (κ1) is 23.9. The van der Waals surface area contributed by atoms with Gasteiger partial charge in [0, 0.05) is 29.9 Å². The molecule has 0 saturated heterocycles. The van der Waals surface area contributed by atoms with Gasteiger partial charge in [-0.2, -0.15) is 23.4 Å². The number of hydrogen-bond donors (Lipinski definition) is 2. The van der Waals surface area contributed by atoms with E-state index in [1.807, 2.05) is 6.92 Å². The van der Waals surface area contributed by atoms with E-state index in [-0.39, 0.29) is 32.9 Å². The molecule has 3 N–H and O–H groups in total. The van der Waals surface area contributed by atoms with Crippen molar-refractivity contribution in [2.75, 3.05) is 5.32 Å². The van der Waals surface area contributed by atoms with Crippen LogP contribution in [-0.2, 0) is 24.1 Å². The van der Waals surface area contributed by atoms with Crippen LogP contribution >= 0.6 is 27.3 Å². The molecule has 0 spiro atoms. The molecule has 4 rings (SSSR count). The van der Waals surface area contributed by atoms with Crippen molar-refractivity contribution in [3.8, 4) is 11.1 Å². The molecule has 34 heavy (non-hydrogen) atoms. The van der Waals surface area contributed by atoms with Crippen LogP contribution in [0.15, 0.2) is 29.1 Å². The normalized spacial score (nSPS) is 11.8. The molecule has 0 bridgehead atoms. The smallest absolute Gasteiger partial charge is 0.365 e. The number of anilines is 1. The van der Waals surface area contributed by atoms with Gasteiger partial charge in [-0.25, -0.2) is 4.98 Å². The van der Waals surface area contributed by atoms with E-state index in [1.165, 1.54) is 10.9 Å². The molecule has 0 atom stereocenters. The summed E-state index contributed by atoms with van der Waals surface area (Å²) in [5.41, 5.74) is 5.41. The van der Waals surface area contributed by atoms with E-state index in [9.17, 15) is 22.8 Å². The van der Waals surface area contributed by atoms with Crippen molar-refractivity contribution in [3.63, 3.8) is 0 Å². The fraction of sp³-hybridized carbons (Fsp3) is 0.250. The monoisotopic (exact) mass is 555 g/mol. The molecular formula is C20H17BrF3N7O2S. The number of amides is 2. The standard InChI is InChI=1S/C20H17BrF3N7O2S/c1-3-30-7-12(9(2)29-30)11-4-13(20(22,23)24)27-19-15(11)16(17(34-19)18(25)33)28-14(32)8-31-6-10(21)5-26-31/h4-7H,3,8H2,1-2H3,(H2,25,33)(H,28,32). The largest absolute Gasteiger partial charge is 0.433 e. The Morgan fingerprint density at radius 1 is 1.24 bits per heavy atom. The van der Waals surface area contributed by atoms with Crippen molar-refractivity contribution in [1.29, 1.82) is 0 Å². The second-order valence-electron chi connectivity index (χ2n) is 7.29. The van der Waals surface area contributed by atoms with Crippen molar-refractivity contribution in [3.05, 3.63) is 45.4 Å². The number of halogens is 4. The highest BCUT2D eigenvalue weighted by Gasteiger charge is 2.35. The molecule has 9 nitrogen and oxygen atoms in total. The van der Waals surface area contributed by atoms with Gasteiger partial charge in [-0.3, -0.25) is 19.0 Å². The minimum atomic E-state index is -4.73. The Balaban J connectivity index is 1.93. The summed E-state index contributed by atoms with van der Waals surface area (Å²) in [4.78, 5) is 28.5. The molecule has 0 aromatic carbocycles. The van der Waals surface area contributed by atoms with E-state index in [1.54, 1.807) is 24.0 Å². The van der Waals surface area contributed by atoms with Crippen LogP contribution in [-0.4, -0.2) is 36.4 Å². The molecule has 0 aliphatic heterocycles. The van der Waals surface area contributed by atoms with Gasteiger partial charge >= 0.3 is 6.18 Å². The fourth-order valence-electron chi connectivity index (χ4n) is 3.44. The predicted molar refractivity (Wildman–Crippen MR) is 123 cm³/mol. The number of carbonyl (C=O) groups excluding carboxylic acids is 2. The molecule has 4 aromatic heterocycles. The first-order chi connectivity index (χ1) is 16.0. The maximum Gasteiger partial charge on any atom is 0.433 e. The number of fused-ring (bicyclic) bond motifs is 1. The average molecular weight is 556 g/mol. The number of nitrogens with two attached hydrogens (primary N) is 1. The summed E-state index contributed by atoms with van der Waals surface area (Å²) < 4.78 is 44.5. The van der Waals surface area contributed by atoms with Crippen LogP contribution in [0.1, 0.15) is 28.0 Å². The van der Waals surface area contributed by atoms with Crippen molar-refractivity contribution in [2.24, 2.45) is 5.73 Å². The van der Waals surface area contributed by atoms with Crippen LogP contribution in [0.2, 0.25) is 0 Å². The van der Waals surface area contributed by atoms with Gasteiger partial charge in [0.1, 0.15) is 21.9 Å². The molecule has 0 aliphatic rings. The summed E-state index contributed by atoms with van der Waals surface area (Å²) in [6.07, 6.45) is -0.0492. The van der Waals surface area contributed by atoms with Gasteiger partial charge in [0.15, 0.2) is 0 Å². The molecule has 0 unspecified atom stereocenters. The number of rotatable bonds is 6. The first-order valence-electron chi connectivity index (χ1n) is 9.84. The molecule has 4 aromatic rings. The van der Waals surface area contributed by atoms with E-state index < -0.39 is 23.7 Å². The Morgan fingerprint density at radius 2 is 1.97 bits per heavy atom. The number of thiophene rings is 1. The molecule has 0 fully saturated rings. The summed E-state index contributed by atoms with van der Waals surface area (Å²) in [6.45, 7) is 3.81. The highest BCUT2D eigenvalue weighted by Crippen LogP contribution is 2.44. The SMILES string of the molecule is CCn1cc(-c2cc(C(F)(F)F)nc3sc(C(N)=O)c(NC(=O)Cn4cc(Br)cn4)c23)c(C)n1. The van der Waals surface area contributed by atoms with Gasteiger partial charge in [-0.15, -0.1) is 11.3 Å².